The van der Waals surface area contributed by atoms with Crippen LogP contribution in [-0.2, 0) is 0 Å². The lowest BCUT2D eigenvalue weighted by Crippen LogP contribution is -2.46. The van der Waals surface area contributed by atoms with E-state index in [0.717, 1.165) is 11.1 Å². The number of rotatable bonds is 10. The number of hydrogen-bond donors (Lipinski definition) is 5. The smallest absolute Gasteiger partial charge is 0.338 e. The van der Waals surface area contributed by atoms with Crippen LogP contribution < -0.4 is 25.8 Å². The van der Waals surface area contributed by atoms with Gasteiger partial charge in [-0.15, -0.1) is 0 Å². The van der Waals surface area contributed by atoms with Crippen molar-refractivity contribution in [3.63, 3.8) is 0 Å². The highest BCUT2D eigenvalue weighted by Gasteiger charge is 2.20. The summed E-state index contributed by atoms with van der Waals surface area (Å²) in [4.78, 5) is 21.3. The van der Waals surface area contributed by atoms with E-state index in [9.17, 15) is 9.90 Å². The van der Waals surface area contributed by atoms with Gasteiger partial charge >= 0.3 is 6.03 Å². The monoisotopic (exact) mass is 463 g/mol. The van der Waals surface area contributed by atoms with E-state index in [0.29, 0.717) is 35.5 Å². The van der Waals surface area contributed by atoms with Crippen molar-refractivity contribution in [1.82, 2.24) is 15.4 Å². The number of carbonyl (C=O) groups is 1. The van der Waals surface area contributed by atoms with Gasteiger partial charge in [0.05, 0.1) is 25.4 Å². The molecule has 32 heavy (non-hydrogen) atoms. The van der Waals surface area contributed by atoms with Crippen molar-refractivity contribution in [1.29, 1.82) is 5.41 Å². The zero-order valence-corrected chi connectivity index (χ0v) is 19.7. The summed E-state index contributed by atoms with van der Waals surface area (Å²) in [6.07, 6.45) is 0. The van der Waals surface area contributed by atoms with Crippen molar-refractivity contribution < 1.29 is 14.6 Å². The van der Waals surface area contributed by atoms with Crippen LogP contribution in [-0.4, -0.2) is 53.6 Å². The van der Waals surface area contributed by atoms with Gasteiger partial charge in [0.25, 0.3) is 0 Å². The Balaban J connectivity index is 2.33. The molecule has 174 valence electrons. The molecule has 0 spiro atoms. The molecule has 11 heteroatoms. The average Bonchev–Trinajstić information content (AvgIpc) is 2.71. The quantitative estimate of drug-likeness (QED) is 0.206. The molecule has 0 aromatic carbocycles. The van der Waals surface area contributed by atoms with Gasteiger partial charge in [0.15, 0.2) is 0 Å². The minimum atomic E-state index is -0.561. The molecular weight excluding hydrogens is 434 g/mol. The Bertz CT molecular complexity index is 969. The summed E-state index contributed by atoms with van der Waals surface area (Å²) in [7, 11) is 1.72. The minimum absolute atomic E-state index is 0.103. The highest BCUT2D eigenvalue weighted by Crippen LogP contribution is 2.29. The molecule has 2 amide bonds. The largest absolute Gasteiger partial charge is 0.478 e. The van der Waals surface area contributed by atoms with Crippen LogP contribution in [0, 0.1) is 5.41 Å². The highest BCUT2D eigenvalue weighted by molar-refractivity contribution is 6.29. The molecule has 0 saturated carbocycles. The summed E-state index contributed by atoms with van der Waals surface area (Å²) >= 11 is 6.00. The maximum atomic E-state index is 12.7. The molecule has 0 radical (unpaired) electrons. The molecule has 2 aromatic rings. The first-order valence-electron chi connectivity index (χ1n) is 10.2. The third-order valence-corrected chi connectivity index (χ3v) is 4.62. The zero-order valence-electron chi connectivity index (χ0n) is 18.9. The van der Waals surface area contributed by atoms with Gasteiger partial charge in [0.1, 0.15) is 16.8 Å². The molecular formula is C21H30ClN7O3. The second-order valence-electron chi connectivity index (χ2n) is 7.21. The lowest BCUT2D eigenvalue weighted by Gasteiger charge is -2.26. The van der Waals surface area contributed by atoms with Crippen LogP contribution in [0.5, 0.6) is 5.88 Å². The Morgan fingerprint density at radius 3 is 2.59 bits per heavy atom. The number of anilines is 3. The molecule has 0 unspecified atom stereocenters. The normalized spacial score (nSPS) is 10.6. The van der Waals surface area contributed by atoms with E-state index in [1.165, 1.54) is 11.1 Å². The standard InChI is InChI=1S/C21H30ClN7O3/c1-6-32-18-10-14(9-16(22)26-18)25-21(31)28-29(7-8-30)17-11-15(12(2)3)19(13(4)23)20(24-5)27-17/h9-12,23,30H,6-8H2,1-5H3,(H,24,27)(H2,25,26,28,31). The van der Waals surface area contributed by atoms with E-state index >= 15 is 0 Å². The molecule has 2 heterocycles. The second kappa shape index (κ2) is 11.5. The van der Waals surface area contributed by atoms with Crippen LogP contribution in [0.25, 0.3) is 0 Å². The number of nitrogens with one attached hydrogen (secondary N) is 4. The number of halogens is 1. The fourth-order valence-electron chi connectivity index (χ4n) is 3.10. The third-order valence-electron chi connectivity index (χ3n) is 4.43. The molecule has 0 atom stereocenters. The number of aromatic nitrogens is 2. The maximum absolute atomic E-state index is 12.7. The molecule has 0 aliphatic heterocycles. The second-order valence-corrected chi connectivity index (χ2v) is 7.60. The number of urea groups is 1. The summed E-state index contributed by atoms with van der Waals surface area (Å²) in [6.45, 7) is 7.86. The van der Waals surface area contributed by atoms with Crippen molar-refractivity contribution in [2.75, 3.05) is 42.4 Å². The number of hydrogen-bond acceptors (Lipinski definition) is 8. The lowest BCUT2D eigenvalue weighted by atomic mass is 9.95. The van der Waals surface area contributed by atoms with Gasteiger partial charge in [0, 0.05) is 24.4 Å². The molecule has 0 bridgehead atoms. The van der Waals surface area contributed by atoms with Gasteiger partial charge in [0.2, 0.25) is 5.88 Å². The minimum Gasteiger partial charge on any atom is -0.478 e. The number of nitrogens with zero attached hydrogens (tertiary/aromatic N) is 3. The summed E-state index contributed by atoms with van der Waals surface area (Å²) in [5, 5.41) is 25.0. The van der Waals surface area contributed by atoms with Gasteiger partial charge in [-0.2, -0.15) is 0 Å². The molecule has 2 aromatic heterocycles. The maximum Gasteiger partial charge on any atom is 0.338 e. The highest BCUT2D eigenvalue weighted by atomic mass is 35.5. The van der Waals surface area contributed by atoms with Crippen LogP contribution in [0.4, 0.5) is 22.1 Å². The van der Waals surface area contributed by atoms with Crippen molar-refractivity contribution >= 4 is 40.7 Å². The number of ether oxygens (including phenoxy) is 1. The Hall–Kier alpha value is -3.11. The Morgan fingerprint density at radius 2 is 2.03 bits per heavy atom. The van der Waals surface area contributed by atoms with Crippen LogP contribution in [0.15, 0.2) is 18.2 Å². The summed E-state index contributed by atoms with van der Waals surface area (Å²) < 4.78 is 5.34. The lowest BCUT2D eigenvalue weighted by molar-refractivity contribution is 0.248. The van der Waals surface area contributed by atoms with Gasteiger partial charge in [-0.25, -0.2) is 20.2 Å². The van der Waals surface area contributed by atoms with E-state index in [-0.39, 0.29) is 24.2 Å². The fourth-order valence-corrected chi connectivity index (χ4v) is 3.30. The van der Waals surface area contributed by atoms with E-state index < -0.39 is 6.03 Å². The summed E-state index contributed by atoms with van der Waals surface area (Å²) in [5.74, 6) is 1.35. The fraction of sp³-hybridized carbons (Fsp3) is 0.429. The molecule has 0 fully saturated rings. The van der Waals surface area contributed by atoms with Gasteiger partial charge in [-0.1, -0.05) is 25.4 Å². The van der Waals surface area contributed by atoms with Crippen LogP contribution in [0.1, 0.15) is 44.7 Å². The Morgan fingerprint density at radius 1 is 1.31 bits per heavy atom. The number of aliphatic hydroxyl groups is 1. The van der Waals surface area contributed by atoms with E-state index in [1.807, 2.05) is 26.8 Å². The zero-order chi connectivity index (χ0) is 23.8. The predicted molar refractivity (Wildman–Crippen MR) is 127 cm³/mol. The van der Waals surface area contributed by atoms with Crippen LogP contribution in [0.3, 0.4) is 0 Å². The van der Waals surface area contributed by atoms with Crippen molar-refractivity contribution in [3.05, 3.63) is 34.5 Å². The van der Waals surface area contributed by atoms with Gasteiger partial charge in [-0.05, 0) is 37.5 Å². The molecule has 0 saturated heterocycles. The SMILES string of the molecule is CCOc1cc(NC(=O)NN(CCO)c2cc(C(C)C)c(C(C)=N)c(NC)n2)cc(Cl)n1. The first kappa shape index (κ1) is 25.2. The van der Waals surface area contributed by atoms with Crippen LogP contribution in [0.2, 0.25) is 5.15 Å². The number of hydrazine groups is 1. The molecule has 5 N–H and O–H groups in total. The number of amides is 2. The van der Waals surface area contributed by atoms with E-state index in [2.05, 4.69) is 26.0 Å². The molecule has 0 aliphatic carbocycles. The first-order valence-corrected chi connectivity index (χ1v) is 10.6. The van der Waals surface area contributed by atoms with Gasteiger partial charge < -0.3 is 25.9 Å². The third kappa shape index (κ3) is 6.44. The summed E-state index contributed by atoms with van der Waals surface area (Å²) in [5.41, 5.74) is 5.10. The van der Waals surface area contributed by atoms with E-state index in [4.69, 9.17) is 21.7 Å². The first-order chi connectivity index (χ1) is 15.2. The number of pyridine rings is 2. The van der Waals surface area contributed by atoms with Crippen molar-refractivity contribution in [2.24, 2.45) is 0 Å². The Labute approximate surface area is 192 Å². The topological polar surface area (TPSA) is 135 Å². The average molecular weight is 464 g/mol. The predicted octanol–water partition coefficient (Wildman–Crippen LogP) is 3.62. The Kier molecular flexibility index (Phi) is 9.03. The molecule has 10 nitrogen and oxygen atoms in total. The molecule has 2 rings (SSSR count). The molecule has 0 aliphatic rings. The van der Waals surface area contributed by atoms with Crippen LogP contribution >= 0.6 is 11.6 Å². The van der Waals surface area contributed by atoms with Crippen molar-refractivity contribution in [2.45, 2.75) is 33.6 Å². The summed E-state index contributed by atoms with van der Waals surface area (Å²) in [6, 6.07) is 4.30. The number of carbonyl (C=O) groups excluding carboxylic acids is 1. The van der Waals surface area contributed by atoms with Gasteiger partial charge in [-0.3, -0.25) is 5.01 Å². The van der Waals surface area contributed by atoms with E-state index in [1.54, 1.807) is 20.0 Å². The number of aliphatic hydroxyl groups excluding tert-OH is 1. The van der Waals surface area contributed by atoms with Crippen molar-refractivity contribution in [3.8, 4) is 5.88 Å².